The molecule has 108 valence electrons. The van der Waals surface area contributed by atoms with Gasteiger partial charge in [0.2, 0.25) is 10.0 Å². The highest BCUT2D eigenvalue weighted by Gasteiger charge is 2.14. The zero-order chi connectivity index (χ0) is 14.3. The first-order chi connectivity index (χ1) is 8.96. The molecule has 5 heteroatoms. The fraction of sp³-hybridized carbons (Fsp3) is 0.571. The summed E-state index contributed by atoms with van der Waals surface area (Å²) in [7, 11) is -1.36. The van der Waals surface area contributed by atoms with Crippen LogP contribution in [0.15, 0.2) is 24.3 Å². The average Bonchev–Trinajstić information content (AvgIpc) is 2.31. The molecular weight excluding hydrogens is 260 g/mol. The van der Waals surface area contributed by atoms with Crippen LogP contribution in [-0.4, -0.2) is 21.5 Å². The molecule has 0 aromatic heterocycles. The van der Waals surface area contributed by atoms with E-state index in [0.29, 0.717) is 0 Å². The molecule has 1 atom stereocenters. The van der Waals surface area contributed by atoms with Gasteiger partial charge >= 0.3 is 0 Å². The maximum absolute atomic E-state index is 12.0. The maximum atomic E-state index is 12.0. The summed E-state index contributed by atoms with van der Waals surface area (Å²) in [6, 6.07) is 7.65. The van der Waals surface area contributed by atoms with Crippen LogP contribution < -0.4 is 10.0 Å². The fourth-order valence-corrected chi connectivity index (χ4v) is 3.46. The zero-order valence-corrected chi connectivity index (χ0v) is 12.8. The van der Waals surface area contributed by atoms with Crippen LogP contribution in [0, 0.1) is 0 Å². The number of benzene rings is 1. The van der Waals surface area contributed by atoms with E-state index in [9.17, 15) is 8.42 Å². The summed E-state index contributed by atoms with van der Waals surface area (Å²) in [5.41, 5.74) is 1.96. The Morgan fingerprint density at radius 2 is 1.74 bits per heavy atom. The van der Waals surface area contributed by atoms with Crippen molar-refractivity contribution in [1.82, 2.24) is 10.0 Å². The van der Waals surface area contributed by atoms with Crippen molar-refractivity contribution in [1.29, 1.82) is 0 Å². The Hall–Kier alpha value is -0.910. The second-order valence-electron chi connectivity index (χ2n) is 4.91. The Morgan fingerprint density at radius 1 is 1.16 bits per heavy atom. The summed E-state index contributed by atoms with van der Waals surface area (Å²) in [6.45, 7) is 4.74. The lowest BCUT2D eigenvalue weighted by Crippen LogP contribution is -2.33. The summed E-state index contributed by atoms with van der Waals surface area (Å²) in [4.78, 5) is 0. The van der Waals surface area contributed by atoms with Gasteiger partial charge in [0.15, 0.2) is 0 Å². The summed E-state index contributed by atoms with van der Waals surface area (Å²) < 4.78 is 26.7. The van der Waals surface area contributed by atoms with E-state index in [0.717, 1.165) is 30.5 Å². The standard InChI is InChI=1S/C14H24N2O2S/c1-4-5-12(2)16-19(17,18)11-14-8-6-13(7-9-14)10-15-3/h6-9,12,15-16H,4-5,10-11H2,1-3H3. The van der Waals surface area contributed by atoms with Gasteiger partial charge in [-0.3, -0.25) is 0 Å². The minimum atomic E-state index is -3.25. The van der Waals surface area contributed by atoms with Crippen LogP contribution in [0.25, 0.3) is 0 Å². The normalized spacial score (nSPS) is 13.4. The van der Waals surface area contributed by atoms with Crippen molar-refractivity contribution in [3.8, 4) is 0 Å². The lowest BCUT2D eigenvalue weighted by atomic mass is 10.1. The Kier molecular flexibility index (Phi) is 6.48. The van der Waals surface area contributed by atoms with Crippen LogP contribution in [0.1, 0.15) is 37.8 Å². The Bertz CT molecular complexity index is 469. The van der Waals surface area contributed by atoms with Crippen molar-refractivity contribution >= 4 is 10.0 Å². The van der Waals surface area contributed by atoms with E-state index in [2.05, 4.69) is 10.0 Å². The molecule has 2 N–H and O–H groups in total. The topological polar surface area (TPSA) is 58.2 Å². The molecule has 1 aromatic carbocycles. The molecule has 0 aliphatic rings. The summed E-state index contributed by atoms with van der Waals surface area (Å²) in [6.07, 6.45) is 1.84. The Labute approximate surface area is 116 Å². The summed E-state index contributed by atoms with van der Waals surface area (Å²) in [5.74, 6) is 0.0425. The Morgan fingerprint density at radius 3 is 2.26 bits per heavy atom. The predicted octanol–water partition coefficient (Wildman–Crippen LogP) is 2.01. The molecule has 0 aliphatic heterocycles. The monoisotopic (exact) mass is 284 g/mol. The van der Waals surface area contributed by atoms with Crippen molar-refractivity contribution < 1.29 is 8.42 Å². The van der Waals surface area contributed by atoms with Crippen LogP contribution in [-0.2, 0) is 22.3 Å². The third kappa shape index (κ3) is 6.18. The van der Waals surface area contributed by atoms with Crippen molar-refractivity contribution in [2.24, 2.45) is 0 Å². The smallest absolute Gasteiger partial charge is 0.216 e. The molecule has 0 bridgehead atoms. The van der Waals surface area contributed by atoms with Gasteiger partial charge in [-0.05, 0) is 31.5 Å². The fourth-order valence-electron chi connectivity index (χ4n) is 2.02. The van der Waals surface area contributed by atoms with Gasteiger partial charge in [0.1, 0.15) is 0 Å². The van der Waals surface area contributed by atoms with E-state index in [1.165, 1.54) is 0 Å². The minimum Gasteiger partial charge on any atom is -0.316 e. The zero-order valence-electron chi connectivity index (χ0n) is 11.9. The number of rotatable bonds is 8. The van der Waals surface area contributed by atoms with E-state index in [4.69, 9.17) is 0 Å². The van der Waals surface area contributed by atoms with E-state index < -0.39 is 10.0 Å². The van der Waals surface area contributed by atoms with E-state index in [-0.39, 0.29) is 11.8 Å². The molecular formula is C14H24N2O2S. The summed E-state index contributed by atoms with van der Waals surface area (Å²) >= 11 is 0. The lowest BCUT2D eigenvalue weighted by Gasteiger charge is -2.13. The van der Waals surface area contributed by atoms with Crippen LogP contribution in [0.4, 0.5) is 0 Å². The molecule has 0 fully saturated rings. The summed E-state index contributed by atoms with van der Waals surface area (Å²) in [5, 5.41) is 3.06. The molecule has 4 nitrogen and oxygen atoms in total. The third-order valence-corrected chi connectivity index (χ3v) is 4.34. The second-order valence-corrected chi connectivity index (χ2v) is 6.67. The predicted molar refractivity (Wildman–Crippen MR) is 79.3 cm³/mol. The number of nitrogens with one attached hydrogen (secondary N) is 2. The van der Waals surface area contributed by atoms with Crippen molar-refractivity contribution in [2.75, 3.05) is 7.05 Å². The van der Waals surface area contributed by atoms with Gasteiger partial charge < -0.3 is 5.32 Å². The van der Waals surface area contributed by atoms with Gasteiger partial charge in [-0.1, -0.05) is 37.6 Å². The quantitative estimate of drug-likeness (QED) is 0.768. The van der Waals surface area contributed by atoms with Crippen LogP contribution in [0.5, 0.6) is 0 Å². The largest absolute Gasteiger partial charge is 0.316 e. The SMILES string of the molecule is CCCC(C)NS(=O)(=O)Cc1ccc(CNC)cc1. The van der Waals surface area contributed by atoms with Crippen LogP contribution in [0.2, 0.25) is 0 Å². The molecule has 19 heavy (non-hydrogen) atoms. The molecule has 0 spiro atoms. The molecule has 1 aromatic rings. The highest BCUT2D eigenvalue weighted by atomic mass is 32.2. The van der Waals surface area contributed by atoms with E-state index >= 15 is 0 Å². The highest BCUT2D eigenvalue weighted by Crippen LogP contribution is 2.09. The van der Waals surface area contributed by atoms with Crippen LogP contribution in [0.3, 0.4) is 0 Å². The van der Waals surface area contributed by atoms with Crippen molar-refractivity contribution in [2.45, 2.75) is 45.0 Å². The molecule has 1 unspecified atom stereocenters. The first-order valence-electron chi connectivity index (χ1n) is 6.69. The number of hydrogen-bond donors (Lipinski definition) is 2. The van der Waals surface area contributed by atoms with Gasteiger partial charge in [-0.2, -0.15) is 0 Å². The molecule has 0 saturated heterocycles. The molecule has 0 radical (unpaired) electrons. The minimum absolute atomic E-state index is 0.00133. The molecule has 0 aliphatic carbocycles. The highest BCUT2D eigenvalue weighted by molar-refractivity contribution is 7.88. The van der Waals surface area contributed by atoms with Gasteiger partial charge in [-0.15, -0.1) is 0 Å². The van der Waals surface area contributed by atoms with Gasteiger partial charge in [0.25, 0.3) is 0 Å². The van der Waals surface area contributed by atoms with E-state index in [1.54, 1.807) is 0 Å². The van der Waals surface area contributed by atoms with Crippen molar-refractivity contribution in [3.05, 3.63) is 35.4 Å². The molecule has 0 saturated carbocycles. The third-order valence-electron chi connectivity index (χ3n) is 2.86. The molecule has 0 heterocycles. The van der Waals surface area contributed by atoms with Gasteiger partial charge in [0.05, 0.1) is 5.75 Å². The molecule has 1 rings (SSSR count). The van der Waals surface area contributed by atoms with E-state index in [1.807, 2.05) is 45.2 Å². The maximum Gasteiger partial charge on any atom is 0.216 e. The Balaban J connectivity index is 2.62. The average molecular weight is 284 g/mol. The van der Waals surface area contributed by atoms with Gasteiger partial charge in [0, 0.05) is 12.6 Å². The number of sulfonamides is 1. The second kappa shape index (κ2) is 7.62. The first kappa shape index (κ1) is 16.1. The first-order valence-corrected chi connectivity index (χ1v) is 8.34. The van der Waals surface area contributed by atoms with Crippen molar-refractivity contribution in [3.63, 3.8) is 0 Å². The van der Waals surface area contributed by atoms with Gasteiger partial charge in [-0.25, -0.2) is 13.1 Å². The molecule has 0 amide bonds. The van der Waals surface area contributed by atoms with Crippen LogP contribution >= 0.6 is 0 Å². The lowest BCUT2D eigenvalue weighted by molar-refractivity contribution is 0.543. The number of hydrogen-bond acceptors (Lipinski definition) is 3.